The Bertz CT molecular complexity index is 650. The smallest absolute Gasteiger partial charge is 0.237 e. The van der Waals surface area contributed by atoms with Crippen molar-refractivity contribution in [1.29, 1.82) is 0 Å². The molecule has 5 heteroatoms. The zero-order chi connectivity index (χ0) is 14.8. The first kappa shape index (κ1) is 14.1. The third kappa shape index (κ3) is 2.94. The maximum Gasteiger partial charge on any atom is 0.237 e. The monoisotopic (exact) mass is 287 g/mol. The first-order chi connectivity index (χ1) is 10.1. The van der Waals surface area contributed by atoms with Crippen molar-refractivity contribution in [3.63, 3.8) is 0 Å². The Morgan fingerprint density at radius 2 is 2.33 bits per heavy atom. The van der Waals surface area contributed by atoms with Crippen LogP contribution in [0.2, 0.25) is 0 Å². The van der Waals surface area contributed by atoms with Crippen LogP contribution in [0.25, 0.3) is 10.9 Å². The minimum atomic E-state index is -0.405. The number of aromatic amines is 1. The summed E-state index contributed by atoms with van der Waals surface area (Å²) in [5.74, 6) is -0.0254. The Hall–Kier alpha value is -1.85. The van der Waals surface area contributed by atoms with E-state index in [1.807, 2.05) is 6.20 Å². The fourth-order valence-electron chi connectivity index (χ4n) is 2.93. The number of carbonyl (C=O) groups excluding carboxylic acids is 1. The summed E-state index contributed by atoms with van der Waals surface area (Å²) in [5, 5.41) is 16.6. The summed E-state index contributed by atoms with van der Waals surface area (Å²) in [6, 6.07) is 5.98. The fourth-order valence-corrected chi connectivity index (χ4v) is 2.93. The number of fused-ring (bicyclic) bond motifs is 1. The molecule has 112 valence electrons. The lowest BCUT2D eigenvalue weighted by atomic mass is 10.1. The molecule has 1 saturated heterocycles. The van der Waals surface area contributed by atoms with Crippen LogP contribution >= 0.6 is 0 Å². The highest BCUT2D eigenvalue weighted by molar-refractivity contribution is 5.86. The number of benzene rings is 1. The molecule has 1 aliphatic rings. The molecule has 0 bridgehead atoms. The number of H-pyrrole nitrogens is 1. The van der Waals surface area contributed by atoms with Crippen LogP contribution < -0.4 is 10.6 Å². The van der Waals surface area contributed by atoms with Gasteiger partial charge in [0, 0.05) is 30.2 Å². The van der Waals surface area contributed by atoms with Gasteiger partial charge in [0.1, 0.15) is 0 Å². The normalized spacial score (nSPS) is 21.8. The van der Waals surface area contributed by atoms with Crippen LogP contribution in [-0.2, 0) is 11.2 Å². The van der Waals surface area contributed by atoms with Gasteiger partial charge < -0.3 is 20.7 Å². The predicted molar refractivity (Wildman–Crippen MR) is 82.2 cm³/mol. The molecule has 2 unspecified atom stereocenters. The zero-order valence-electron chi connectivity index (χ0n) is 12.1. The molecule has 0 saturated carbocycles. The SMILES string of the molecule is Cc1cccc2c(CCNC(=O)C3CC(O)CN3)c[nH]c12. The van der Waals surface area contributed by atoms with Crippen molar-refractivity contribution in [3.05, 3.63) is 35.5 Å². The van der Waals surface area contributed by atoms with E-state index in [4.69, 9.17) is 0 Å². The molecule has 2 atom stereocenters. The van der Waals surface area contributed by atoms with Crippen LogP contribution in [0.15, 0.2) is 24.4 Å². The lowest BCUT2D eigenvalue weighted by Gasteiger charge is -2.10. The van der Waals surface area contributed by atoms with E-state index in [1.165, 1.54) is 22.0 Å². The second-order valence-corrected chi connectivity index (χ2v) is 5.70. The number of hydrogen-bond donors (Lipinski definition) is 4. The molecule has 1 fully saturated rings. The Morgan fingerprint density at radius 1 is 1.48 bits per heavy atom. The first-order valence-corrected chi connectivity index (χ1v) is 7.40. The summed E-state index contributed by atoms with van der Waals surface area (Å²) >= 11 is 0. The minimum Gasteiger partial charge on any atom is -0.392 e. The van der Waals surface area contributed by atoms with Gasteiger partial charge in [-0.05, 0) is 30.9 Å². The number of aliphatic hydroxyl groups excluding tert-OH is 1. The molecule has 0 radical (unpaired) electrons. The van der Waals surface area contributed by atoms with Crippen molar-refractivity contribution in [2.45, 2.75) is 31.9 Å². The Balaban J connectivity index is 1.57. The van der Waals surface area contributed by atoms with E-state index in [0.29, 0.717) is 19.5 Å². The Morgan fingerprint density at radius 3 is 3.10 bits per heavy atom. The summed E-state index contributed by atoms with van der Waals surface area (Å²) in [5.41, 5.74) is 3.61. The van der Waals surface area contributed by atoms with Crippen LogP contribution in [0.3, 0.4) is 0 Å². The maximum atomic E-state index is 11.9. The molecule has 1 amide bonds. The van der Waals surface area contributed by atoms with Gasteiger partial charge in [-0.2, -0.15) is 0 Å². The molecule has 2 aromatic rings. The zero-order valence-corrected chi connectivity index (χ0v) is 12.1. The van der Waals surface area contributed by atoms with Crippen molar-refractivity contribution < 1.29 is 9.90 Å². The predicted octanol–water partition coefficient (Wildman–Crippen LogP) is 0.858. The number of β-amino-alcohol motifs (C(OH)–C–C–N with tert-alkyl or cyclic N) is 1. The van der Waals surface area contributed by atoms with Gasteiger partial charge in [0.15, 0.2) is 0 Å². The Labute approximate surface area is 123 Å². The highest BCUT2D eigenvalue weighted by Crippen LogP contribution is 2.21. The third-order valence-corrected chi connectivity index (χ3v) is 4.13. The number of nitrogens with one attached hydrogen (secondary N) is 3. The molecule has 0 aliphatic carbocycles. The number of hydrogen-bond acceptors (Lipinski definition) is 3. The van der Waals surface area contributed by atoms with E-state index < -0.39 is 6.10 Å². The van der Waals surface area contributed by atoms with Crippen LogP contribution in [0.4, 0.5) is 0 Å². The van der Waals surface area contributed by atoms with Gasteiger partial charge in [-0.25, -0.2) is 0 Å². The summed E-state index contributed by atoms with van der Waals surface area (Å²) in [7, 11) is 0. The molecular formula is C16H21N3O2. The molecule has 0 spiro atoms. The Kier molecular flexibility index (Phi) is 3.94. The van der Waals surface area contributed by atoms with Gasteiger partial charge >= 0.3 is 0 Å². The van der Waals surface area contributed by atoms with E-state index in [2.05, 4.69) is 40.7 Å². The van der Waals surface area contributed by atoms with Crippen LogP contribution in [0.5, 0.6) is 0 Å². The van der Waals surface area contributed by atoms with E-state index in [9.17, 15) is 9.90 Å². The number of amides is 1. The fraction of sp³-hybridized carbons (Fsp3) is 0.438. The molecule has 1 aromatic carbocycles. The van der Waals surface area contributed by atoms with Crippen molar-refractivity contribution in [2.24, 2.45) is 0 Å². The lowest BCUT2D eigenvalue weighted by Crippen LogP contribution is -2.41. The summed E-state index contributed by atoms with van der Waals surface area (Å²) in [4.78, 5) is 15.2. The lowest BCUT2D eigenvalue weighted by molar-refractivity contribution is -0.122. The molecule has 2 heterocycles. The number of aromatic nitrogens is 1. The van der Waals surface area contributed by atoms with Gasteiger partial charge in [-0.3, -0.25) is 4.79 Å². The van der Waals surface area contributed by atoms with Crippen LogP contribution in [-0.4, -0.2) is 41.2 Å². The van der Waals surface area contributed by atoms with Crippen molar-refractivity contribution in [1.82, 2.24) is 15.6 Å². The number of aryl methyl sites for hydroxylation is 1. The van der Waals surface area contributed by atoms with Gasteiger partial charge in [0.2, 0.25) is 5.91 Å². The average Bonchev–Trinajstić information content (AvgIpc) is 3.07. The van der Waals surface area contributed by atoms with Gasteiger partial charge in [-0.1, -0.05) is 18.2 Å². The standard InChI is InChI=1S/C16H21N3O2/c1-10-3-2-4-13-11(8-19-15(10)13)5-6-17-16(21)14-7-12(20)9-18-14/h2-4,8,12,14,18-20H,5-7,9H2,1H3,(H,17,21). The number of rotatable bonds is 4. The number of aliphatic hydroxyl groups is 1. The highest BCUT2D eigenvalue weighted by atomic mass is 16.3. The van der Waals surface area contributed by atoms with Gasteiger partial charge in [-0.15, -0.1) is 0 Å². The summed E-state index contributed by atoms with van der Waals surface area (Å²) in [6.45, 7) is 3.19. The maximum absolute atomic E-state index is 11.9. The van der Waals surface area contributed by atoms with Gasteiger partial charge in [0.25, 0.3) is 0 Å². The molecule has 4 N–H and O–H groups in total. The quantitative estimate of drug-likeness (QED) is 0.673. The third-order valence-electron chi connectivity index (χ3n) is 4.13. The molecule has 21 heavy (non-hydrogen) atoms. The topological polar surface area (TPSA) is 77.2 Å². The van der Waals surface area contributed by atoms with Crippen molar-refractivity contribution >= 4 is 16.8 Å². The second kappa shape index (κ2) is 5.87. The first-order valence-electron chi connectivity index (χ1n) is 7.40. The average molecular weight is 287 g/mol. The van der Waals surface area contributed by atoms with E-state index in [-0.39, 0.29) is 11.9 Å². The number of carbonyl (C=O) groups is 1. The molecule has 5 nitrogen and oxygen atoms in total. The van der Waals surface area contributed by atoms with E-state index >= 15 is 0 Å². The van der Waals surface area contributed by atoms with E-state index in [0.717, 1.165) is 6.42 Å². The second-order valence-electron chi connectivity index (χ2n) is 5.70. The van der Waals surface area contributed by atoms with Crippen LogP contribution in [0, 0.1) is 6.92 Å². The van der Waals surface area contributed by atoms with Crippen molar-refractivity contribution in [3.8, 4) is 0 Å². The molecule has 1 aromatic heterocycles. The summed E-state index contributed by atoms with van der Waals surface area (Å²) in [6.07, 6.45) is 2.90. The largest absolute Gasteiger partial charge is 0.392 e. The highest BCUT2D eigenvalue weighted by Gasteiger charge is 2.27. The molecular weight excluding hydrogens is 266 g/mol. The van der Waals surface area contributed by atoms with Gasteiger partial charge in [0.05, 0.1) is 12.1 Å². The van der Waals surface area contributed by atoms with Crippen LogP contribution in [0.1, 0.15) is 17.5 Å². The number of para-hydroxylation sites is 1. The molecule has 1 aliphatic heterocycles. The summed E-state index contributed by atoms with van der Waals surface area (Å²) < 4.78 is 0. The van der Waals surface area contributed by atoms with Crippen molar-refractivity contribution in [2.75, 3.05) is 13.1 Å². The molecule has 3 rings (SSSR count). The van der Waals surface area contributed by atoms with E-state index in [1.54, 1.807) is 0 Å². The minimum absolute atomic E-state index is 0.0254.